The average molecular weight is 237 g/mol. The van der Waals surface area contributed by atoms with Crippen LogP contribution < -0.4 is 14.8 Å². The zero-order valence-electron chi connectivity index (χ0n) is 10.4. The summed E-state index contributed by atoms with van der Waals surface area (Å²) in [6.45, 7) is 5.18. The molecule has 0 radical (unpaired) electrons. The van der Waals surface area contributed by atoms with Gasteiger partial charge in [-0.3, -0.25) is 4.90 Å². The van der Waals surface area contributed by atoms with E-state index in [9.17, 15) is 0 Å². The molecule has 0 spiro atoms. The number of nitrogens with zero attached hydrogens (tertiary/aromatic N) is 2. The van der Waals surface area contributed by atoms with Crippen LogP contribution in [0.2, 0.25) is 0 Å². The van der Waals surface area contributed by atoms with Crippen molar-refractivity contribution in [3.63, 3.8) is 0 Å². The van der Waals surface area contributed by atoms with E-state index in [1.165, 1.54) is 5.56 Å². The van der Waals surface area contributed by atoms with E-state index in [4.69, 9.17) is 9.47 Å². The lowest BCUT2D eigenvalue weighted by Gasteiger charge is -2.27. The molecule has 94 valence electrons. The third kappa shape index (κ3) is 3.31. The number of methoxy groups -OCH3 is 2. The van der Waals surface area contributed by atoms with E-state index in [0.29, 0.717) is 11.8 Å². The first-order valence-electron chi connectivity index (χ1n) is 5.84. The summed E-state index contributed by atoms with van der Waals surface area (Å²) >= 11 is 0. The fourth-order valence-corrected chi connectivity index (χ4v) is 1.96. The summed E-state index contributed by atoms with van der Waals surface area (Å²) in [7, 11) is 3.24. The van der Waals surface area contributed by atoms with E-state index in [2.05, 4.69) is 15.2 Å². The van der Waals surface area contributed by atoms with Crippen LogP contribution in [0, 0.1) is 0 Å². The van der Waals surface area contributed by atoms with Crippen molar-refractivity contribution in [3.05, 3.63) is 17.7 Å². The van der Waals surface area contributed by atoms with Gasteiger partial charge in [-0.15, -0.1) is 0 Å². The molecule has 1 aliphatic heterocycles. The van der Waals surface area contributed by atoms with Gasteiger partial charge in [0.05, 0.1) is 14.2 Å². The number of pyridine rings is 1. The van der Waals surface area contributed by atoms with E-state index in [-0.39, 0.29) is 0 Å². The SMILES string of the molecule is COc1cc(CN2CCNCC2)cc(OC)n1. The van der Waals surface area contributed by atoms with Crippen LogP contribution in [-0.4, -0.2) is 50.3 Å². The first kappa shape index (κ1) is 12.1. The van der Waals surface area contributed by atoms with Gasteiger partial charge in [0, 0.05) is 44.9 Å². The zero-order valence-corrected chi connectivity index (χ0v) is 10.4. The lowest BCUT2D eigenvalue weighted by atomic mass is 10.2. The molecule has 5 nitrogen and oxygen atoms in total. The molecule has 2 rings (SSSR count). The Balaban J connectivity index is 2.07. The number of piperazine rings is 1. The monoisotopic (exact) mass is 237 g/mol. The van der Waals surface area contributed by atoms with Gasteiger partial charge in [-0.1, -0.05) is 0 Å². The van der Waals surface area contributed by atoms with Crippen molar-refractivity contribution in [3.8, 4) is 11.8 Å². The van der Waals surface area contributed by atoms with Crippen LogP contribution in [0.15, 0.2) is 12.1 Å². The van der Waals surface area contributed by atoms with Crippen molar-refractivity contribution in [1.82, 2.24) is 15.2 Å². The molecule has 1 aromatic rings. The Kier molecular flexibility index (Phi) is 4.17. The predicted octanol–water partition coefficient (Wildman–Crippen LogP) is 0.504. The second-order valence-electron chi connectivity index (χ2n) is 4.09. The molecule has 0 atom stereocenters. The second-order valence-corrected chi connectivity index (χ2v) is 4.09. The van der Waals surface area contributed by atoms with E-state index < -0.39 is 0 Å². The van der Waals surface area contributed by atoms with Crippen molar-refractivity contribution in [2.24, 2.45) is 0 Å². The highest BCUT2D eigenvalue weighted by Crippen LogP contribution is 2.18. The van der Waals surface area contributed by atoms with Crippen LogP contribution in [0.1, 0.15) is 5.56 Å². The minimum Gasteiger partial charge on any atom is -0.481 e. The first-order valence-corrected chi connectivity index (χ1v) is 5.84. The molecule has 1 aromatic heterocycles. The Bertz CT molecular complexity index is 343. The summed E-state index contributed by atoms with van der Waals surface area (Å²) in [6.07, 6.45) is 0. The zero-order chi connectivity index (χ0) is 12.1. The first-order chi connectivity index (χ1) is 8.31. The highest BCUT2D eigenvalue weighted by Gasteiger charge is 2.11. The molecule has 5 heteroatoms. The Labute approximate surface area is 102 Å². The lowest BCUT2D eigenvalue weighted by Crippen LogP contribution is -2.42. The molecule has 1 fully saturated rings. The minimum absolute atomic E-state index is 0.606. The lowest BCUT2D eigenvalue weighted by molar-refractivity contribution is 0.232. The van der Waals surface area contributed by atoms with Crippen LogP contribution >= 0.6 is 0 Å². The normalized spacial score (nSPS) is 16.8. The third-order valence-corrected chi connectivity index (χ3v) is 2.87. The van der Waals surface area contributed by atoms with E-state index >= 15 is 0 Å². The predicted molar refractivity (Wildman–Crippen MR) is 65.5 cm³/mol. The van der Waals surface area contributed by atoms with Gasteiger partial charge in [-0.05, 0) is 5.56 Å². The Hall–Kier alpha value is -1.33. The van der Waals surface area contributed by atoms with Crippen LogP contribution in [-0.2, 0) is 6.54 Å². The van der Waals surface area contributed by atoms with Crippen LogP contribution in [0.5, 0.6) is 11.8 Å². The van der Waals surface area contributed by atoms with Crippen molar-refractivity contribution in [1.29, 1.82) is 0 Å². The van der Waals surface area contributed by atoms with E-state index in [1.54, 1.807) is 14.2 Å². The number of hydrogen-bond acceptors (Lipinski definition) is 5. The van der Waals surface area contributed by atoms with Crippen LogP contribution in [0.25, 0.3) is 0 Å². The molecule has 0 amide bonds. The summed E-state index contributed by atoms with van der Waals surface area (Å²) in [4.78, 5) is 6.60. The smallest absolute Gasteiger partial charge is 0.216 e. The molecular weight excluding hydrogens is 218 g/mol. The van der Waals surface area contributed by atoms with Crippen LogP contribution in [0.3, 0.4) is 0 Å². The third-order valence-electron chi connectivity index (χ3n) is 2.87. The standard InChI is InChI=1S/C12H19N3O2/c1-16-11-7-10(8-12(14-11)17-2)9-15-5-3-13-4-6-15/h7-8,13H,3-6,9H2,1-2H3. The molecule has 0 aromatic carbocycles. The number of ether oxygens (including phenoxy) is 2. The number of hydrogen-bond donors (Lipinski definition) is 1. The van der Waals surface area contributed by atoms with Gasteiger partial charge < -0.3 is 14.8 Å². The molecule has 1 saturated heterocycles. The fourth-order valence-electron chi connectivity index (χ4n) is 1.96. The van der Waals surface area contributed by atoms with Gasteiger partial charge in [0.25, 0.3) is 0 Å². The Morgan fingerprint density at radius 1 is 1.18 bits per heavy atom. The molecule has 1 aliphatic rings. The largest absolute Gasteiger partial charge is 0.481 e. The number of nitrogens with one attached hydrogen (secondary N) is 1. The summed E-state index contributed by atoms with van der Waals surface area (Å²) in [5.41, 5.74) is 1.18. The van der Waals surface area contributed by atoms with Gasteiger partial charge in [0.1, 0.15) is 0 Å². The summed E-state index contributed by atoms with van der Waals surface area (Å²) in [5.74, 6) is 1.21. The molecule has 0 unspecified atom stereocenters. The Morgan fingerprint density at radius 2 is 1.76 bits per heavy atom. The highest BCUT2D eigenvalue weighted by atomic mass is 16.5. The molecule has 17 heavy (non-hydrogen) atoms. The highest BCUT2D eigenvalue weighted by molar-refractivity contribution is 5.28. The number of rotatable bonds is 4. The maximum absolute atomic E-state index is 5.16. The topological polar surface area (TPSA) is 46.6 Å². The van der Waals surface area contributed by atoms with Crippen LogP contribution in [0.4, 0.5) is 0 Å². The quantitative estimate of drug-likeness (QED) is 0.826. The summed E-state index contributed by atoms with van der Waals surface area (Å²) < 4.78 is 10.3. The second kappa shape index (κ2) is 5.84. The van der Waals surface area contributed by atoms with Gasteiger partial charge in [0.2, 0.25) is 11.8 Å². The van der Waals surface area contributed by atoms with Crippen molar-refractivity contribution in [2.45, 2.75) is 6.54 Å². The maximum Gasteiger partial charge on any atom is 0.216 e. The molecular formula is C12H19N3O2. The number of aromatic nitrogens is 1. The molecule has 0 aliphatic carbocycles. The average Bonchev–Trinajstić information content (AvgIpc) is 2.39. The Morgan fingerprint density at radius 3 is 2.29 bits per heavy atom. The molecule has 2 heterocycles. The molecule has 1 N–H and O–H groups in total. The summed E-state index contributed by atoms with van der Waals surface area (Å²) in [6, 6.07) is 3.93. The van der Waals surface area contributed by atoms with Gasteiger partial charge in [0.15, 0.2) is 0 Å². The maximum atomic E-state index is 5.16. The van der Waals surface area contributed by atoms with Gasteiger partial charge >= 0.3 is 0 Å². The molecule has 0 saturated carbocycles. The van der Waals surface area contributed by atoms with E-state index in [1.807, 2.05) is 12.1 Å². The summed E-state index contributed by atoms with van der Waals surface area (Å²) in [5, 5.41) is 3.34. The van der Waals surface area contributed by atoms with Crippen molar-refractivity contribution < 1.29 is 9.47 Å². The molecule has 0 bridgehead atoms. The van der Waals surface area contributed by atoms with Crippen molar-refractivity contribution in [2.75, 3.05) is 40.4 Å². The fraction of sp³-hybridized carbons (Fsp3) is 0.583. The van der Waals surface area contributed by atoms with Gasteiger partial charge in [-0.25, -0.2) is 0 Å². The van der Waals surface area contributed by atoms with Crippen molar-refractivity contribution >= 4 is 0 Å². The minimum atomic E-state index is 0.606. The van der Waals surface area contributed by atoms with E-state index in [0.717, 1.165) is 32.7 Å². The van der Waals surface area contributed by atoms with Gasteiger partial charge in [-0.2, -0.15) is 4.98 Å².